The van der Waals surface area contributed by atoms with E-state index in [4.69, 9.17) is 0 Å². The summed E-state index contributed by atoms with van der Waals surface area (Å²) in [5.74, 6) is 0.731. The zero-order valence-corrected chi connectivity index (χ0v) is 7.33. The van der Waals surface area contributed by atoms with Crippen LogP contribution in [0.4, 0.5) is 0 Å². The minimum Gasteiger partial charge on any atom is -0.305 e. The second kappa shape index (κ2) is 2.89. The van der Waals surface area contributed by atoms with E-state index in [9.17, 15) is 0 Å². The van der Waals surface area contributed by atoms with Crippen LogP contribution in [0.2, 0.25) is 0 Å². The second-order valence-electron chi connectivity index (χ2n) is 3.50. The molecule has 1 fully saturated rings. The van der Waals surface area contributed by atoms with Crippen molar-refractivity contribution in [2.24, 2.45) is 5.92 Å². The van der Waals surface area contributed by atoms with Gasteiger partial charge in [-0.15, -0.1) is 0 Å². The zero-order chi connectivity index (χ0) is 7.72. The predicted octanol–water partition coefficient (Wildman–Crippen LogP) is 0.559. The Kier molecular flexibility index (Phi) is 2.32. The Bertz CT molecular complexity index is 112. The average molecular weight is 141 g/mol. The summed E-state index contributed by atoms with van der Waals surface area (Å²) in [6, 6.07) is 1.24. The molecule has 1 radical (unpaired) electrons. The Morgan fingerprint density at radius 1 is 1.30 bits per heavy atom. The summed E-state index contributed by atoms with van der Waals surface area (Å²) in [7, 11) is 4.27. The Labute approximate surface area is 63.6 Å². The van der Waals surface area contributed by atoms with E-state index >= 15 is 0 Å². The normalized spacial score (nSPS) is 41.1. The maximum atomic E-state index is 4.48. The van der Waals surface area contributed by atoms with Gasteiger partial charge in [-0.2, -0.15) is 0 Å². The van der Waals surface area contributed by atoms with Crippen LogP contribution in [-0.4, -0.2) is 37.6 Å². The standard InChI is InChI=1S/C8H17N2/c1-6-7(2)9-5-8(6)10(3)4/h6-8H,5H2,1-4H3. The van der Waals surface area contributed by atoms with Gasteiger partial charge in [0.15, 0.2) is 0 Å². The molecular formula is C8H17N2. The van der Waals surface area contributed by atoms with Crippen LogP contribution >= 0.6 is 0 Å². The van der Waals surface area contributed by atoms with Gasteiger partial charge in [0.25, 0.3) is 0 Å². The van der Waals surface area contributed by atoms with Crippen molar-refractivity contribution in [3.05, 3.63) is 0 Å². The van der Waals surface area contributed by atoms with Gasteiger partial charge in [-0.05, 0) is 26.9 Å². The molecule has 2 nitrogen and oxygen atoms in total. The lowest BCUT2D eigenvalue weighted by atomic mass is 10.00. The summed E-state index contributed by atoms with van der Waals surface area (Å²) in [5.41, 5.74) is 0. The highest BCUT2D eigenvalue weighted by Gasteiger charge is 2.31. The van der Waals surface area contributed by atoms with Crippen LogP contribution < -0.4 is 5.32 Å². The number of rotatable bonds is 1. The number of hydrogen-bond donors (Lipinski definition) is 0. The molecule has 3 atom stereocenters. The first-order valence-electron chi connectivity index (χ1n) is 3.96. The molecule has 0 aromatic carbocycles. The average Bonchev–Trinajstić information content (AvgIpc) is 2.14. The number of hydrogen-bond acceptors (Lipinski definition) is 1. The van der Waals surface area contributed by atoms with Gasteiger partial charge >= 0.3 is 0 Å². The summed E-state index contributed by atoms with van der Waals surface area (Å²) in [5, 5.41) is 4.48. The van der Waals surface area contributed by atoms with Gasteiger partial charge in [0.2, 0.25) is 0 Å². The topological polar surface area (TPSA) is 17.3 Å². The van der Waals surface area contributed by atoms with E-state index in [0.717, 1.165) is 12.5 Å². The van der Waals surface area contributed by atoms with Crippen molar-refractivity contribution in [3.63, 3.8) is 0 Å². The van der Waals surface area contributed by atoms with Crippen LogP contribution in [0.5, 0.6) is 0 Å². The van der Waals surface area contributed by atoms with Gasteiger partial charge < -0.3 is 4.90 Å². The molecule has 0 spiro atoms. The highest BCUT2D eigenvalue weighted by atomic mass is 15.2. The molecule has 0 amide bonds. The minimum atomic E-state index is 0.562. The maximum absolute atomic E-state index is 4.48. The Morgan fingerprint density at radius 2 is 1.90 bits per heavy atom. The summed E-state index contributed by atoms with van der Waals surface area (Å²) in [4.78, 5) is 2.28. The Morgan fingerprint density at radius 3 is 2.10 bits per heavy atom. The fraction of sp³-hybridized carbons (Fsp3) is 1.00. The minimum absolute atomic E-state index is 0.562. The van der Waals surface area contributed by atoms with Gasteiger partial charge in [-0.1, -0.05) is 6.92 Å². The van der Waals surface area contributed by atoms with Crippen LogP contribution in [-0.2, 0) is 0 Å². The highest BCUT2D eigenvalue weighted by Crippen LogP contribution is 2.19. The summed E-state index contributed by atoms with van der Waals surface area (Å²) in [6.07, 6.45) is 0. The lowest BCUT2D eigenvalue weighted by Gasteiger charge is -2.23. The molecule has 1 saturated heterocycles. The third-order valence-electron chi connectivity index (χ3n) is 2.61. The fourth-order valence-electron chi connectivity index (χ4n) is 1.56. The maximum Gasteiger partial charge on any atom is 0.0295 e. The smallest absolute Gasteiger partial charge is 0.0295 e. The summed E-state index contributed by atoms with van der Waals surface area (Å²) < 4.78 is 0. The number of nitrogens with zero attached hydrogens (tertiary/aromatic N) is 2. The molecule has 59 valence electrons. The largest absolute Gasteiger partial charge is 0.305 e. The molecule has 0 aliphatic carbocycles. The van der Waals surface area contributed by atoms with Crippen molar-refractivity contribution >= 4 is 0 Å². The molecule has 0 saturated carbocycles. The van der Waals surface area contributed by atoms with Crippen LogP contribution in [0.1, 0.15) is 13.8 Å². The van der Waals surface area contributed by atoms with E-state index in [-0.39, 0.29) is 0 Å². The Balaban J connectivity index is 2.49. The molecule has 0 aromatic rings. The van der Waals surface area contributed by atoms with Crippen molar-refractivity contribution in [3.8, 4) is 0 Å². The molecule has 0 bridgehead atoms. The van der Waals surface area contributed by atoms with Gasteiger partial charge in [0, 0.05) is 18.6 Å². The molecule has 1 rings (SSSR count). The van der Waals surface area contributed by atoms with Gasteiger partial charge in [-0.3, -0.25) is 0 Å². The van der Waals surface area contributed by atoms with Crippen LogP contribution in [0, 0.1) is 5.92 Å². The van der Waals surface area contributed by atoms with E-state index < -0.39 is 0 Å². The first kappa shape index (κ1) is 8.02. The highest BCUT2D eigenvalue weighted by molar-refractivity contribution is 4.89. The SMILES string of the molecule is CC1[N]CC(N(C)C)C1C. The Hall–Kier alpha value is -0.0800. The molecule has 2 heteroatoms. The first-order chi connectivity index (χ1) is 4.63. The molecule has 10 heavy (non-hydrogen) atoms. The molecule has 1 aliphatic heterocycles. The fourth-order valence-corrected chi connectivity index (χ4v) is 1.56. The summed E-state index contributed by atoms with van der Waals surface area (Å²) in [6.45, 7) is 5.51. The van der Waals surface area contributed by atoms with E-state index in [1.807, 2.05) is 0 Å². The molecule has 0 aromatic heterocycles. The molecule has 3 unspecified atom stereocenters. The van der Waals surface area contributed by atoms with Gasteiger partial charge in [0.05, 0.1) is 0 Å². The van der Waals surface area contributed by atoms with Crippen molar-refractivity contribution in [1.29, 1.82) is 0 Å². The first-order valence-corrected chi connectivity index (χ1v) is 3.96. The van der Waals surface area contributed by atoms with E-state index in [2.05, 4.69) is 38.2 Å². The quantitative estimate of drug-likeness (QED) is 0.521. The summed E-state index contributed by atoms with van der Waals surface area (Å²) >= 11 is 0. The van der Waals surface area contributed by atoms with E-state index in [1.165, 1.54) is 0 Å². The molecule has 0 N–H and O–H groups in total. The van der Waals surface area contributed by atoms with Crippen molar-refractivity contribution in [2.45, 2.75) is 25.9 Å². The molecule has 1 aliphatic rings. The monoisotopic (exact) mass is 141 g/mol. The van der Waals surface area contributed by atoms with E-state index in [1.54, 1.807) is 0 Å². The van der Waals surface area contributed by atoms with E-state index in [0.29, 0.717) is 12.1 Å². The van der Waals surface area contributed by atoms with Crippen LogP contribution in [0.3, 0.4) is 0 Å². The van der Waals surface area contributed by atoms with Gasteiger partial charge in [0.1, 0.15) is 0 Å². The third kappa shape index (κ3) is 1.32. The zero-order valence-electron chi connectivity index (χ0n) is 7.33. The molecular weight excluding hydrogens is 124 g/mol. The van der Waals surface area contributed by atoms with Crippen LogP contribution in [0.15, 0.2) is 0 Å². The van der Waals surface area contributed by atoms with Crippen molar-refractivity contribution in [2.75, 3.05) is 20.6 Å². The predicted molar refractivity (Wildman–Crippen MR) is 43.1 cm³/mol. The van der Waals surface area contributed by atoms with Crippen molar-refractivity contribution in [1.82, 2.24) is 10.2 Å². The number of likely N-dealkylation sites (N-methyl/N-ethyl adjacent to an activating group) is 1. The third-order valence-corrected chi connectivity index (χ3v) is 2.61. The van der Waals surface area contributed by atoms with Gasteiger partial charge in [-0.25, -0.2) is 5.32 Å². The lowest BCUT2D eigenvalue weighted by molar-refractivity contribution is 0.254. The van der Waals surface area contributed by atoms with Crippen molar-refractivity contribution < 1.29 is 0 Å². The molecule has 1 heterocycles. The lowest BCUT2D eigenvalue weighted by Crippen LogP contribution is -2.34. The second-order valence-corrected chi connectivity index (χ2v) is 3.50. The van der Waals surface area contributed by atoms with Crippen LogP contribution in [0.25, 0.3) is 0 Å².